The molecule has 0 spiro atoms. The number of benzene rings is 1. The zero-order valence-corrected chi connectivity index (χ0v) is 20.8. The highest BCUT2D eigenvalue weighted by Crippen LogP contribution is 2.44. The smallest absolute Gasteiger partial charge is 0.269 e. The number of pyridine rings is 1. The summed E-state index contributed by atoms with van der Waals surface area (Å²) in [6.45, 7) is 7.47. The number of hydrogen-bond donors (Lipinski definition) is 3. The molecule has 1 aliphatic carbocycles. The predicted molar refractivity (Wildman–Crippen MR) is 132 cm³/mol. The van der Waals surface area contributed by atoms with E-state index in [4.69, 9.17) is 5.73 Å². The maximum atomic E-state index is 15.4. The van der Waals surface area contributed by atoms with E-state index in [1.165, 1.54) is 6.07 Å². The molecule has 0 amide bonds. The zero-order valence-electron chi connectivity index (χ0n) is 20.0. The fourth-order valence-electron chi connectivity index (χ4n) is 5.31. The molecule has 36 heavy (non-hydrogen) atoms. The van der Waals surface area contributed by atoms with Crippen LogP contribution < -0.4 is 21.5 Å². The van der Waals surface area contributed by atoms with Crippen LogP contribution in [0.2, 0.25) is 0 Å². The van der Waals surface area contributed by atoms with E-state index in [0.29, 0.717) is 30.8 Å². The highest BCUT2D eigenvalue weighted by molar-refractivity contribution is 7.06. The van der Waals surface area contributed by atoms with Gasteiger partial charge >= 0.3 is 0 Å². The van der Waals surface area contributed by atoms with Crippen molar-refractivity contribution in [1.82, 2.24) is 14.7 Å². The van der Waals surface area contributed by atoms with E-state index in [-0.39, 0.29) is 39.3 Å². The van der Waals surface area contributed by atoms with Crippen LogP contribution in [0.25, 0.3) is 0 Å². The lowest BCUT2D eigenvalue weighted by Gasteiger charge is -2.28. The van der Waals surface area contributed by atoms with Crippen molar-refractivity contribution in [2.75, 3.05) is 23.7 Å². The third kappa shape index (κ3) is 4.00. The molecule has 0 saturated carbocycles. The van der Waals surface area contributed by atoms with Gasteiger partial charge in [-0.15, -0.1) is 0 Å². The van der Waals surface area contributed by atoms with Crippen molar-refractivity contribution in [3.05, 3.63) is 73.3 Å². The molecule has 2 aliphatic rings. The summed E-state index contributed by atoms with van der Waals surface area (Å²) in [5, 5.41) is 3.50. The van der Waals surface area contributed by atoms with Crippen LogP contribution in [0.5, 0.6) is 0 Å². The molecule has 1 fully saturated rings. The fraction of sp³-hybridized carbons (Fsp3) is 0.400. The first-order chi connectivity index (χ1) is 17.1. The van der Waals surface area contributed by atoms with E-state index < -0.39 is 40.5 Å². The normalized spacial score (nSPS) is 20.1. The number of hydrogen-bond acceptors (Lipinski definition) is 7. The molecule has 3 aromatic rings. The lowest BCUT2D eigenvalue weighted by atomic mass is 9.80. The van der Waals surface area contributed by atoms with Gasteiger partial charge in [0.05, 0.1) is 22.2 Å². The van der Waals surface area contributed by atoms with Gasteiger partial charge in [-0.3, -0.25) is 14.0 Å². The molecule has 3 atom stereocenters. The van der Waals surface area contributed by atoms with Gasteiger partial charge in [0, 0.05) is 36.8 Å². The largest absolute Gasteiger partial charge is 0.381 e. The van der Waals surface area contributed by atoms with Gasteiger partial charge in [0.25, 0.3) is 5.56 Å². The minimum Gasteiger partial charge on any atom is -0.381 e. The van der Waals surface area contributed by atoms with E-state index >= 15 is 8.78 Å². The van der Waals surface area contributed by atoms with Crippen LogP contribution in [-0.4, -0.2) is 40.3 Å². The number of nitrogens with two attached hydrogens (primary N) is 1. The van der Waals surface area contributed by atoms with Crippen LogP contribution in [0, 0.1) is 23.4 Å². The van der Waals surface area contributed by atoms with Crippen LogP contribution in [0.15, 0.2) is 23.0 Å². The second-order valence-corrected chi connectivity index (χ2v) is 10.6. The molecule has 2 aromatic heterocycles. The molecule has 2 unspecified atom stereocenters. The number of aromatic nitrogens is 2. The van der Waals surface area contributed by atoms with E-state index in [1.807, 2.05) is 4.90 Å². The molecule has 5 rings (SSSR count). The number of nitrogen functional groups attached to an aromatic ring is 1. The monoisotopic (exact) mass is 517 g/mol. The topological polar surface area (TPSA) is 104 Å². The Labute approximate surface area is 209 Å². The number of rotatable bonds is 5. The first-order valence-electron chi connectivity index (χ1n) is 11.8. The van der Waals surface area contributed by atoms with Crippen molar-refractivity contribution in [3.63, 3.8) is 0 Å². The summed E-state index contributed by atoms with van der Waals surface area (Å²) >= 11 is 0.878. The number of anilines is 2. The Morgan fingerprint density at radius 3 is 2.61 bits per heavy atom. The molecular weight excluding hydrogens is 491 g/mol. The van der Waals surface area contributed by atoms with Crippen molar-refractivity contribution in [1.29, 1.82) is 0 Å². The third-order valence-electron chi connectivity index (χ3n) is 7.02. The summed E-state index contributed by atoms with van der Waals surface area (Å²) < 4.78 is 46.8. The SMILES string of the molecule is CC(C)NC(C)[C@@H]1CCN(c2cc3c(cc2F)C(=O)c2c(s[nH]c2=O)C3c2nc(N)c(F)cc2F)C1. The van der Waals surface area contributed by atoms with Crippen LogP contribution in [0.3, 0.4) is 0 Å². The van der Waals surface area contributed by atoms with E-state index in [2.05, 4.69) is 35.4 Å². The summed E-state index contributed by atoms with van der Waals surface area (Å²) in [4.78, 5) is 31.7. The molecular formula is C25H26F3N5O2S. The highest BCUT2D eigenvalue weighted by Gasteiger charge is 2.40. The molecule has 3 heterocycles. The summed E-state index contributed by atoms with van der Waals surface area (Å²) in [6, 6.07) is 3.80. The molecule has 4 N–H and O–H groups in total. The minimum atomic E-state index is -1.03. The van der Waals surface area contributed by atoms with Crippen LogP contribution >= 0.6 is 11.5 Å². The van der Waals surface area contributed by atoms with Gasteiger partial charge in [-0.25, -0.2) is 18.2 Å². The maximum absolute atomic E-state index is 15.4. The first-order valence-corrected chi connectivity index (χ1v) is 12.6. The summed E-state index contributed by atoms with van der Waals surface area (Å²) in [5.74, 6) is -4.48. The Morgan fingerprint density at radius 2 is 1.89 bits per heavy atom. The average molecular weight is 518 g/mol. The highest BCUT2D eigenvalue weighted by atomic mass is 32.1. The number of nitrogens with zero attached hydrogens (tertiary/aromatic N) is 2. The minimum absolute atomic E-state index is 0.0488. The zero-order chi connectivity index (χ0) is 25.9. The number of fused-ring (bicyclic) bond motifs is 2. The molecule has 11 heteroatoms. The van der Waals surface area contributed by atoms with Crippen LogP contribution in [0.1, 0.15) is 65.2 Å². The lowest BCUT2D eigenvalue weighted by Crippen LogP contribution is -2.39. The molecule has 1 aromatic carbocycles. The number of carbonyl (C=O) groups is 1. The van der Waals surface area contributed by atoms with Crippen molar-refractivity contribution >= 4 is 28.8 Å². The molecule has 1 aliphatic heterocycles. The summed E-state index contributed by atoms with van der Waals surface area (Å²) in [6.07, 6.45) is 0.855. The van der Waals surface area contributed by atoms with Gasteiger partial charge < -0.3 is 16.0 Å². The second-order valence-electron chi connectivity index (χ2n) is 9.75. The van der Waals surface area contributed by atoms with Crippen molar-refractivity contribution in [2.24, 2.45) is 5.92 Å². The molecule has 1 saturated heterocycles. The number of H-pyrrole nitrogens is 1. The van der Waals surface area contributed by atoms with Gasteiger partial charge in [0.1, 0.15) is 17.2 Å². The first kappa shape index (κ1) is 24.5. The Hall–Kier alpha value is -3.18. The second kappa shape index (κ2) is 9.04. The molecule has 0 radical (unpaired) electrons. The predicted octanol–water partition coefficient (Wildman–Crippen LogP) is 3.77. The molecule has 190 valence electrons. The Bertz CT molecular complexity index is 1420. The van der Waals surface area contributed by atoms with E-state index in [1.54, 1.807) is 0 Å². The van der Waals surface area contributed by atoms with Gasteiger partial charge in [0.2, 0.25) is 0 Å². The Balaban J connectivity index is 1.62. The number of aromatic amines is 1. The van der Waals surface area contributed by atoms with Gasteiger partial charge in [-0.1, -0.05) is 25.4 Å². The lowest BCUT2D eigenvalue weighted by molar-refractivity contribution is 0.103. The standard InChI is InChI=1S/C25H26F3N5O2S/c1-10(2)30-11(3)12-4-5-33(9-12)18-7-13-14(6-15(18)26)22(34)20-23(36-32-25(20)35)19(13)21-16(27)8-17(28)24(29)31-21/h6-8,10-12,19,30H,4-5,9H2,1-3H3,(H2,29,31)(H,32,35)/t11?,12-,19?/m1/s1. The number of ketones is 1. The van der Waals surface area contributed by atoms with Gasteiger partial charge in [-0.05, 0) is 37.0 Å². The quantitative estimate of drug-likeness (QED) is 0.372. The molecule has 0 bridgehead atoms. The Kier molecular flexibility index (Phi) is 6.16. The van der Waals surface area contributed by atoms with Gasteiger partial charge in [-0.2, -0.15) is 0 Å². The molecule has 7 nitrogen and oxygen atoms in total. The number of halogens is 3. The van der Waals surface area contributed by atoms with Crippen molar-refractivity contribution in [3.8, 4) is 0 Å². The Morgan fingerprint density at radius 1 is 1.14 bits per heavy atom. The average Bonchev–Trinajstić information content (AvgIpc) is 3.44. The van der Waals surface area contributed by atoms with Crippen LogP contribution in [0.4, 0.5) is 24.7 Å². The van der Waals surface area contributed by atoms with E-state index in [0.717, 1.165) is 24.0 Å². The number of nitrogens with one attached hydrogen (secondary N) is 2. The van der Waals surface area contributed by atoms with Crippen LogP contribution in [-0.2, 0) is 0 Å². The summed E-state index contributed by atoms with van der Waals surface area (Å²) in [7, 11) is 0. The maximum Gasteiger partial charge on any atom is 0.269 e. The third-order valence-corrected chi connectivity index (χ3v) is 7.96. The van der Waals surface area contributed by atoms with Crippen molar-refractivity contribution in [2.45, 2.75) is 45.2 Å². The van der Waals surface area contributed by atoms with E-state index in [9.17, 15) is 14.0 Å². The fourth-order valence-corrected chi connectivity index (χ4v) is 6.26. The summed E-state index contributed by atoms with van der Waals surface area (Å²) in [5.41, 5.74) is 5.11. The van der Waals surface area contributed by atoms with Crippen molar-refractivity contribution < 1.29 is 18.0 Å². The number of carbonyl (C=O) groups excluding carboxylic acids is 1. The van der Waals surface area contributed by atoms with Gasteiger partial charge in [0.15, 0.2) is 17.4 Å².